The highest BCUT2D eigenvalue weighted by molar-refractivity contribution is 7.14. The third kappa shape index (κ3) is 4.62. The lowest BCUT2D eigenvalue weighted by molar-refractivity contribution is 0.0383. The topological polar surface area (TPSA) is 67.6 Å². The molecule has 1 fully saturated rings. The number of nitrogens with two attached hydrogens (primary N) is 1. The van der Waals surface area contributed by atoms with Crippen LogP contribution in [0.5, 0.6) is 0 Å². The van der Waals surface area contributed by atoms with E-state index in [2.05, 4.69) is 22.1 Å². The monoisotopic (exact) mass is 293 g/mol. The molecule has 6 heteroatoms. The number of hydrogen-bond acceptors (Lipinski definition) is 5. The lowest BCUT2D eigenvalue weighted by Crippen LogP contribution is -2.41. The third-order valence-corrected chi connectivity index (χ3v) is 3.96. The molecule has 1 aliphatic heterocycles. The number of hydrogen-bond donors (Lipinski definition) is 2. The molecule has 20 heavy (non-hydrogen) atoms. The molecule has 1 aromatic heterocycles. The fourth-order valence-electron chi connectivity index (χ4n) is 1.90. The maximum atomic E-state index is 12.0. The van der Waals surface area contributed by atoms with Crippen LogP contribution in [-0.4, -0.2) is 56.7 Å². The normalized spacial score (nSPS) is 15.4. The maximum Gasteiger partial charge on any atom is 0.261 e. The number of thiophene rings is 1. The molecule has 1 aromatic rings. The van der Waals surface area contributed by atoms with Gasteiger partial charge in [0.2, 0.25) is 0 Å². The van der Waals surface area contributed by atoms with Crippen LogP contribution in [0.2, 0.25) is 0 Å². The number of carbonyl (C=O) groups excluding carboxylic acids is 1. The SMILES string of the molecule is NCC#Cc1ccc(C(=O)NCCN2CCOCC2)s1. The Kier molecular flexibility index (Phi) is 6.02. The van der Waals surface area contributed by atoms with Crippen molar-refractivity contribution in [1.82, 2.24) is 10.2 Å². The highest BCUT2D eigenvalue weighted by Gasteiger charge is 2.11. The van der Waals surface area contributed by atoms with E-state index in [4.69, 9.17) is 10.5 Å². The Balaban J connectivity index is 1.75. The number of nitrogens with zero attached hydrogens (tertiary/aromatic N) is 1. The van der Waals surface area contributed by atoms with Crippen LogP contribution in [-0.2, 0) is 4.74 Å². The zero-order valence-electron chi connectivity index (χ0n) is 11.4. The van der Waals surface area contributed by atoms with Gasteiger partial charge in [0.15, 0.2) is 0 Å². The summed E-state index contributed by atoms with van der Waals surface area (Å²) in [5, 5.41) is 2.93. The summed E-state index contributed by atoms with van der Waals surface area (Å²) in [4.78, 5) is 15.8. The van der Waals surface area contributed by atoms with Crippen molar-refractivity contribution in [2.75, 3.05) is 45.9 Å². The molecule has 0 aliphatic carbocycles. The second-order valence-corrected chi connectivity index (χ2v) is 5.46. The summed E-state index contributed by atoms with van der Waals surface area (Å²) in [5.41, 5.74) is 5.32. The van der Waals surface area contributed by atoms with Gasteiger partial charge in [0.05, 0.1) is 29.5 Å². The lowest BCUT2D eigenvalue weighted by atomic mass is 10.4. The first-order valence-electron chi connectivity index (χ1n) is 6.66. The molecule has 0 unspecified atom stereocenters. The van der Waals surface area contributed by atoms with Crippen molar-refractivity contribution < 1.29 is 9.53 Å². The standard InChI is InChI=1S/C14H19N3O2S/c15-5-1-2-12-3-4-13(20-12)14(18)16-6-7-17-8-10-19-11-9-17/h3-4H,5-11,15H2,(H,16,18). The smallest absolute Gasteiger partial charge is 0.261 e. The van der Waals surface area contributed by atoms with Crippen molar-refractivity contribution in [2.24, 2.45) is 5.73 Å². The van der Waals surface area contributed by atoms with Crippen LogP contribution in [0.4, 0.5) is 0 Å². The van der Waals surface area contributed by atoms with Crippen molar-refractivity contribution in [3.05, 3.63) is 21.9 Å². The second kappa shape index (κ2) is 8.02. The number of ether oxygens (including phenoxy) is 1. The zero-order chi connectivity index (χ0) is 14.2. The predicted octanol–water partition coefficient (Wildman–Crippen LogP) is 0.120. The van der Waals surface area contributed by atoms with E-state index in [-0.39, 0.29) is 5.91 Å². The summed E-state index contributed by atoms with van der Waals surface area (Å²) in [6.45, 7) is 5.28. The predicted molar refractivity (Wildman–Crippen MR) is 79.8 cm³/mol. The quantitative estimate of drug-likeness (QED) is 0.774. The van der Waals surface area contributed by atoms with Crippen molar-refractivity contribution in [1.29, 1.82) is 0 Å². The van der Waals surface area contributed by atoms with Crippen molar-refractivity contribution in [3.63, 3.8) is 0 Å². The third-order valence-electron chi connectivity index (χ3n) is 2.96. The van der Waals surface area contributed by atoms with Gasteiger partial charge >= 0.3 is 0 Å². The van der Waals surface area contributed by atoms with Crippen LogP contribution < -0.4 is 11.1 Å². The van der Waals surface area contributed by atoms with Gasteiger partial charge in [-0.2, -0.15) is 0 Å². The van der Waals surface area contributed by atoms with Gasteiger partial charge in [0, 0.05) is 26.2 Å². The molecule has 0 spiro atoms. The molecule has 108 valence electrons. The lowest BCUT2D eigenvalue weighted by Gasteiger charge is -2.26. The molecule has 5 nitrogen and oxygen atoms in total. The van der Waals surface area contributed by atoms with Gasteiger partial charge in [0.1, 0.15) is 0 Å². The Morgan fingerprint density at radius 3 is 3.00 bits per heavy atom. The minimum atomic E-state index is -0.0379. The highest BCUT2D eigenvalue weighted by atomic mass is 32.1. The van der Waals surface area contributed by atoms with Crippen LogP contribution in [0, 0.1) is 11.8 Å². The molecule has 0 bridgehead atoms. The van der Waals surface area contributed by atoms with Gasteiger partial charge in [-0.05, 0) is 12.1 Å². The molecule has 2 rings (SSSR count). The number of rotatable bonds is 4. The van der Waals surface area contributed by atoms with Crippen molar-refractivity contribution in [3.8, 4) is 11.8 Å². The summed E-state index contributed by atoms with van der Waals surface area (Å²) in [6.07, 6.45) is 0. The van der Waals surface area contributed by atoms with E-state index in [0.717, 1.165) is 37.7 Å². The largest absolute Gasteiger partial charge is 0.379 e. The molecule has 0 saturated carbocycles. The first kappa shape index (κ1) is 15.0. The van der Waals surface area contributed by atoms with Crippen LogP contribution in [0.15, 0.2) is 12.1 Å². The fourth-order valence-corrected chi connectivity index (χ4v) is 2.70. The van der Waals surface area contributed by atoms with Gasteiger partial charge in [0.25, 0.3) is 5.91 Å². The number of carbonyl (C=O) groups is 1. The number of morpholine rings is 1. The molecular formula is C14H19N3O2S. The van der Waals surface area contributed by atoms with Crippen LogP contribution in [0.3, 0.4) is 0 Å². The molecule has 0 aromatic carbocycles. The summed E-state index contributed by atoms with van der Waals surface area (Å²) < 4.78 is 5.28. The van der Waals surface area contributed by atoms with Crippen LogP contribution in [0.25, 0.3) is 0 Å². The van der Waals surface area contributed by atoms with Crippen LogP contribution in [0.1, 0.15) is 14.5 Å². The summed E-state index contributed by atoms with van der Waals surface area (Å²) in [7, 11) is 0. The Labute approximate surface area is 123 Å². The average molecular weight is 293 g/mol. The highest BCUT2D eigenvalue weighted by Crippen LogP contribution is 2.14. The van der Waals surface area contributed by atoms with E-state index in [0.29, 0.717) is 18.0 Å². The summed E-state index contributed by atoms with van der Waals surface area (Å²) >= 11 is 1.39. The van der Waals surface area contributed by atoms with Crippen LogP contribution >= 0.6 is 11.3 Å². The van der Waals surface area contributed by atoms with Crippen molar-refractivity contribution in [2.45, 2.75) is 0 Å². The maximum absolute atomic E-state index is 12.0. The van der Waals surface area contributed by atoms with Gasteiger partial charge in [-0.25, -0.2) is 0 Å². The Morgan fingerprint density at radius 2 is 2.25 bits per heavy atom. The molecule has 1 amide bonds. The molecule has 0 atom stereocenters. The van der Waals surface area contributed by atoms with Gasteiger partial charge in [-0.1, -0.05) is 11.8 Å². The number of amides is 1. The minimum absolute atomic E-state index is 0.0379. The van der Waals surface area contributed by atoms with E-state index < -0.39 is 0 Å². The Morgan fingerprint density at radius 1 is 1.45 bits per heavy atom. The average Bonchev–Trinajstić information content (AvgIpc) is 2.95. The van der Waals surface area contributed by atoms with Crippen molar-refractivity contribution >= 4 is 17.2 Å². The molecular weight excluding hydrogens is 274 g/mol. The van der Waals surface area contributed by atoms with E-state index in [1.165, 1.54) is 11.3 Å². The zero-order valence-corrected chi connectivity index (χ0v) is 12.2. The van der Waals surface area contributed by atoms with E-state index in [1.54, 1.807) is 6.07 Å². The molecule has 1 aliphatic rings. The first-order chi connectivity index (χ1) is 9.79. The molecule has 1 saturated heterocycles. The minimum Gasteiger partial charge on any atom is -0.379 e. The Hall–Kier alpha value is -1.39. The fraction of sp³-hybridized carbons (Fsp3) is 0.500. The second-order valence-electron chi connectivity index (χ2n) is 4.38. The van der Waals surface area contributed by atoms with E-state index >= 15 is 0 Å². The van der Waals surface area contributed by atoms with E-state index in [9.17, 15) is 4.79 Å². The molecule has 2 heterocycles. The summed E-state index contributed by atoms with van der Waals surface area (Å²) in [6, 6.07) is 3.65. The van der Waals surface area contributed by atoms with Gasteiger partial charge in [-0.15, -0.1) is 11.3 Å². The first-order valence-corrected chi connectivity index (χ1v) is 7.48. The molecule has 3 N–H and O–H groups in total. The van der Waals surface area contributed by atoms with E-state index in [1.807, 2.05) is 6.07 Å². The molecule has 0 radical (unpaired) electrons. The van der Waals surface area contributed by atoms with Gasteiger partial charge < -0.3 is 15.8 Å². The number of nitrogens with one attached hydrogen (secondary N) is 1. The summed E-state index contributed by atoms with van der Waals surface area (Å²) in [5.74, 6) is 5.67. The Bertz CT molecular complexity index is 498. The van der Waals surface area contributed by atoms with Gasteiger partial charge in [-0.3, -0.25) is 9.69 Å².